The molecule has 0 unspecified atom stereocenters. The maximum absolute atomic E-state index is 3.89. The molecule has 0 heterocycles. The summed E-state index contributed by atoms with van der Waals surface area (Å²) in [5, 5.41) is 6.59. The minimum Gasteiger partial charge on any atom is -0.307 e. The van der Waals surface area contributed by atoms with Gasteiger partial charge in [-0.05, 0) is 54.0 Å². The molecule has 1 N–H and O–H groups in total. The van der Waals surface area contributed by atoms with Gasteiger partial charge in [-0.3, -0.25) is 0 Å². The van der Waals surface area contributed by atoms with Crippen LogP contribution in [0.3, 0.4) is 0 Å². The Hall–Kier alpha value is -2.12. The number of nitrogens with one attached hydrogen (secondary N) is 1. The number of benzene rings is 3. The van der Waals surface area contributed by atoms with Gasteiger partial charge in [0.05, 0.1) is 0 Å². The van der Waals surface area contributed by atoms with Gasteiger partial charge >= 0.3 is 0 Å². The van der Waals surface area contributed by atoms with Crippen LogP contribution in [-0.4, -0.2) is 6.04 Å². The predicted octanol–water partition coefficient (Wildman–Crippen LogP) is 5.83. The molecule has 0 amide bonds. The lowest BCUT2D eigenvalue weighted by atomic mass is 9.97. The van der Waals surface area contributed by atoms with Crippen molar-refractivity contribution in [2.75, 3.05) is 0 Å². The number of hydrogen-bond acceptors (Lipinski definition) is 1. The monoisotopic (exact) mass is 315 g/mol. The van der Waals surface area contributed by atoms with Gasteiger partial charge in [0.1, 0.15) is 0 Å². The van der Waals surface area contributed by atoms with E-state index in [1.165, 1.54) is 41.2 Å². The third-order valence-electron chi connectivity index (χ3n) is 5.48. The maximum Gasteiger partial charge on any atom is 0.0300 e. The van der Waals surface area contributed by atoms with Crippen LogP contribution >= 0.6 is 0 Å². The predicted molar refractivity (Wildman–Crippen MR) is 102 cm³/mol. The highest BCUT2D eigenvalue weighted by atomic mass is 14.9. The van der Waals surface area contributed by atoms with Crippen LogP contribution in [0.2, 0.25) is 0 Å². The molecule has 3 aromatic carbocycles. The van der Waals surface area contributed by atoms with Crippen LogP contribution in [-0.2, 0) is 0 Å². The van der Waals surface area contributed by atoms with Crippen molar-refractivity contribution in [2.24, 2.45) is 0 Å². The molecule has 1 heteroatoms. The Kier molecular flexibility index (Phi) is 4.36. The van der Waals surface area contributed by atoms with Gasteiger partial charge in [0.15, 0.2) is 0 Å². The van der Waals surface area contributed by atoms with E-state index >= 15 is 0 Å². The van der Waals surface area contributed by atoms with Crippen LogP contribution in [0.15, 0.2) is 72.8 Å². The van der Waals surface area contributed by atoms with Gasteiger partial charge in [-0.2, -0.15) is 0 Å². The highest BCUT2D eigenvalue weighted by Crippen LogP contribution is 2.35. The second-order valence-electron chi connectivity index (χ2n) is 7.07. The molecule has 122 valence electrons. The normalized spacial score (nSPS) is 21.9. The van der Waals surface area contributed by atoms with Gasteiger partial charge in [0.2, 0.25) is 0 Å². The first-order chi connectivity index (χ1) is 11.8. The number of rotatable bonds is 4. The lowest BCUT2D eigenvalue weighted by molar-refractivity contribution is 0.459. The van der Waals surface area contributed by atoms with Gasteiger partial charge in [-0.15, -0.1) is 0 Å². The average molecular weight is 315 g/mol. The summed E-state index contributed by atoms with van der Waals surface area (Å²) in [6, 6.07) is 27.3. The summed E-state index contributed by atoms with van der Waals surface area (Å²) in [6.45, 7) is 2.30. The van der Waals surface area contributed by atoms with E-state index in [2.05, 4.69) is 85.0 Å². The highest BCUT2D eigenvalue weighted by Gasteiger charge is 2.27. The Morgan fingerprint density at radius 2 is 1.58 bits per heavy atom. The summed E-state index contributed by atoms with van der Waals surface area (Å²) in [5.41, 5.74) is 2.91. The van der Waals surface area contributed by atoms with Crippen LogP contribution in [0.1, 0.15) is 49.3 Å². The molecule has 0 aliphatic heterocycles. The molecule has 1 aliphatic carbocycles. The molecule has 0 radical (unpaired) electrons. The van der Waals surface area contributed by atoms with Crippen molar-refractivity contribution < 1.29 is 0 Å². The van der Waals surface area contributed by atoms with Crippen molar-refractivity contribution in [2.45, 2.75) is 44.2 Å². The van der Waals surface area contributed by atoms with Crippen LogP contribution in [0.25, 0.3) is 10.8 Å². The molecule has 0 aromatic heterocycles. The molecule has 3 aromatic rings. The molecule has 1 saturated carbocycles. The molecule has 1 fully saturated rings. The molecule has 0 spiro atoms. The first kappa shape index (κ1) is 15.4. The van der Waals surface area contributed by atoms with E-state index in [4.69, 9.17) is 0 Å². The molecule has 1 nitrogen and oxygen atoms in total. The fourth-order valence-electron chi connectivity index (χ4n) is 4.23. The molecule has 0 bridgehead atoms. The van der Waals surface area contributed by atoms with E-state index in [0.29, 0.717) is 18.0 Å². The fraction of sp³-hybridized carbons (Fsp3) is 0.304. The second kappa shape index (κ2) is 6.78. The lowest BCUT2D eigenvalue weighted by Crippen LogP contribution is -2.29. The highest BCUT2D eigenvalue weighted by molar-refractivity contribution is 5.86. The number of hydrogen-bond donors (Lipinski definition) is 1. The minimum absolute atomic E-state index is 0.385. The molecule has 24 heavy (non-hydrogen) atoms. The van der Waals surface area contributed by atoms with E-state index in [9.17, 15) is 0 Å². The van der Waals surface area contributed by atoms with Crippen LogP contribution < -0.4 is 5.32 Å². The van der Waals surface area contributed by atoms with Crippen molar-refractivity contribution in [1.29, 1.82) is 0 Å². The Morgan fingerprint density at radius 1 is 0.833 bits per heavy atom. The zero-order valence-corrected chi connectivity index (χ0v) is 14.3. The summed E-state index contributed by atoms with van der Waals surface area (Å²) in [5.74, 6) is 0.711. The fourth-order valence-corrected chi connectivity index (χ4v) is 4.23. The maximum atomic E-state index is 3.89. The standard InChI is InChI=1S/C23H25N/c1-17(22-13-7-11-19-10-5-6-12-23(19)22)24-21-15-14-20(16-21)18-8-3-2-4-9-18/h2-13,17,20-21,24H,14-16H2,1H3/t17-,20-,21+/m1/s1. The van der Waals surface area contributed by atoms with Gasteiger partial charge < -0.3 is 5.32 Å². The van der Waals surface area contributed by atoms with Crippen LogP contribution in [0.4, 0.5) is 0 Å². The molecule has 1 aliphatic rings. The zero-order chi connectivity index (χ0) is 16.4. The van der Waals surface area contributed by atoms with Crippen molar-refractivity contribution in [3.05, 3.63) is 83.9 Å². The summed E-state index contributed by atoms with van der Waals surface area (Å²) in [6.07, 6.45) is 3.82. The minimum atomic E-state index is 0.385. The topological polar surface area (TPSA) is 12.0 Å². The van der Waals surface area contributed by atoms with E-state index in [1.807, 2.05) is 0 Å². The summed E-state index contributed by atoms with van der Waals surface area (Å²) in [7, 11) is 0. The summed E-state index contributed by atoms with van der Waals surface area (Å²) < 4.78 is 0. The van der Waals surface area contributed by atoms with Crippen molar-refractivity contribution >= 4 is 10.8 Å². The van der Waals surface area contributed by atoms with E-state index < -0.39 is 0 Å². The molecule has 3 atom stereocenters. The third kappa shape index (κ3) is 3.09. The van der Waals surface area contributed by atoms with E-state index in [0.717, 1.165) is 0 Å². The summed E-state index contributed by atoms with van der Waals surface area (Å²) >= 11 is 0. The van der Waals surface area contributed by atoms with Gasteiger partial charge in [0.25, 0.3) is 0 Å². The van der Waals surface area contributed by atoms with Crippen molar-refractivity contribution in [3.63, 3.8) is 0 Å². The van der Waals surface area contributed by atoms with Gasteiger partial charge in [-0.25, -0.2) is 0 Å². The van der Waals surface area contributed by atoms with Crippen LogP contribution in [0.5, 0.6) is 0 Å². The quantitative estimate of drug-likeness (QED) is 0.639. The van der Waals surface area contributed by atoms with Crippen molar-refractivity contribution in [1.82, 2.24) is 5.32 Å². The number of fused-ring (bicyclic) bond motifs is 1. The Balaban J connectivity index is 1.48. The SMILES string of the molecule is C[C@@H](N[C@H]1CC[C@@H](c2ccccc2)C1)c1cccc2ccccc12. The Labute approximate surface area is 144 Å². The van der Waals surface area contributed by atoms with Gasteiger partial charge in [0, 0.05) is 12.1 Å². The van der Waals surface area contributed by atoms with E-state index in [1.54, 1.807) is 0 Å². The smallest absolute Gasteiger partial charge is 0.0300 e. The summed E-state index contributed by atoms with van der Waals surface area (Å²) in [4.78, 5) is 0. The Bertz CT molecular complexity index is 803. The molecular formula is C23H25N. The zero-order valence-electron chi connectivity index (χ0n) is 14.3. The van der Waals surface area contributed by atoms with Crippen LogP contribution in [0, 0.1) is 0 Å². The second-order valence-corrected chi connectivity index (χ2v) is 7.07. The Morgan fingerprint density at radius 3 is 2.46 bits per heavy atom. The molecule has 4 rings (SSSR count). The first-order valence-electron chi connectivity index (χ1n) is 9.10. The third-order valence-corrected chi connectivity index (χ3v) is 5.48. The average Bonchev–Trinajstić information content (AvgIpc) is 3.10. The van der Waals surface area contributed by atoms with Gasteiger partial charge in [-0.1, -0.05) is 72.8 Å². The first-order valence-corrected chi connectivity index (χ1v) is 9.10. The molecule has 0 saturated heterocycles. The largest absolute Gasteiger partial charge is 0.307 e. The molecular weight excluding hydrogens is 290 g/mol. The lowest BCUT2D eigenvalue weighted by Gasteiger charge is -2.21. The van der Waals surface area contributed by atoms with Crippen molar-refractivity contribution in [3.8, 4) is 0 Å². The van der Waals surface area contributed by atoms with E-state index in [-0.39, 0.29) is 0 Å².